The summed E-state index contributed by atoms with van der Waals surface area (Å²) in [6.07, 6.45) is 0. The maximum atomic E-state index is 6.07. The Morgan fingerprint density at radius 2 is 1.43 bits per heavy atom. The van der Waals surface area contributed by atoms with Gasteiger partial charge in [0.2, 0.25) is 0 Å². The van der Waals surface area contributed by atoms with Gasteiger partial charge in [-0.15, -0.1) is 11.8 Å². The average molecular weight is 300 g/mol. The molecule has 0 aliphatic carbocycles. The number of fused-ring (bicyclic) bond motifs is 4. The lowest BCUT2D eigenvalue weighted by Gasteiger charge is -2.58. The predicted molar refractivity (Wildman–Crippen MR) is 82.9 cm³/mol. The first-order valence-corrected chi connectivity index (χ1v) is 7.87. The van der Waals surface area contributed by atoms with Crippen molar-refractivity contribution in [3.05, 3.63) is 59.7 Å². The minimum absolute atomic E-state index is 0.373. The van der Waals surface area contributed by atoms with E-state index in [4.69, 9.17) is 14.2 Å². The number of benzene rings is 2. The summed E-state index contributed by atoms with van der Waals surface area (Å²) in [5.74, 6) is 1.89. The number of rotatable bonds is 2. The van der Waals surface area contributed by atoms with Gasteiger partial charge in [0.1, 0.15) is 16.2 Å². The molecule has 1 fully saturated rings. The minimum Gasteiger partial charge on any atom is -0.457 e. The quantitative estimate of drug-likeness (QED) is 0.789. The zero-order valence-corrected chi connectivity index (χ0v) is 12.8. The van der Waals surface area contributed by atoms with Gasteiger partial charge in [-0.3, -0.25) is 0 Å². The molecule has 1 saturated heterocycles. The number of para-hydroxylation sites is 2. The first-order valence-electron chi connectivity index (χ1n) is 6.88. The molecule has 3 nitrogen and oxygen atoms in total. The normalized spacial score (nSPS) is 20.1. The summed E-state index contributed by atoms with van der Waals surface area (Å²) in [5.41, 5.74) is 2.23. The van der Waals surface area contributed by atoms with Crippen LogP contribution in [0.4, 0.5) is 0 Å². The van der Waals surface area contributed by atoms with Gasteiger partial charge in [0, 0.05) is 25.3 Å². The number of hydrogen-bond acceptors (Lipinski definition) is 4. The van der Waals surface area contributed by atoms with Crippen LogP contribution in [-0.2, 0) is 14.2 Å². The van der Waals surface area contributed by atoms with Crippen molar-refractivity contribution in [1.82, 2.24) is 0 Å². The number of ether oxygens (including phenoxy) is 3. The molecule has 0 bridgehead atoms. The lowest BCUT2D eigenvalue weighted by Crippen LogP contribution is -2.63. The standard InChI is InChI=1S/C17H16O3S/c1-18-16(19-2)11-21-17(16)12-7-3-5-9-14(12)20-15-10-6-4-8-13(15)17/h3-10H,11H2,1-2H3. The summed E-state index contributed by atoms with van der Waals surface area (Å²) in [6.45, 7) is 0. The van der Waals surface area contributed by atoms with Gasteiger partial charge in [0.05, 0.1) is 5.75 Å². The van der Waals surface area contributed by atoms with Crippen molar-refractivity contribution in [2.45, 2.75) is 10.5 Å². The van der Waals surface area contributed by atoms with Crippen molar-refractivity contribution in [3.63, 3.8) is 0 Å². The van der Waals surface area contributed by atoms with E-state index in [0.717, 1.165) is 28.4 Å². The molecule has 0 saturated carbocycles. The van der Waals surface area contributed by atoms with E-state index in [2.05, 4.69) is 12.1 Å². The van der Waals surface area contributed by atoms with Crippen LogP contribution in [0.25, 0.3) is 0 Å². The summed E-state index contributed by atoms with van der Waals surface area (Å²) in [6, 6.07) is 16.3. The van der Waals surface area contributed by atoms with Crippen molar-refractivity contribution in [2.75, 3.05) is 20.0 Å². The molecule has 108 valence electrons. The molecule has 2 aliphatic heterocycles. The maximum Gasteiger partial charge on any atom is 0.200 e. The molecule has 0 amide bonds. The van der Waals surface area contributed by atoms with Crippen LogP contribution in [0.3, 0.4) is 0 Å². The third-order valence-corrected chi connectivity index (χ3v) is 6.14. The van der Waals surface area contributed by atoms with Crippen LogP contribution in [0.2, 0.25) is 0 Å². The van der Waals surface area contributed by atoms with E-state index in [-0.39, 0.29) is 4.75 Å². The summed E-state index contributed by atoms with van der Waals surface area (Å²) < 4.78 is 17.4. The molecule has 2 heterocycles. The maximum absolute atomic E-state index is 6.07. The molecule has 2 aromatic carbocycles. The second-order valence-corrected chi connectivity index (χ2v) is 6.42. The van der Waals surface area contributed by atoms with Gasteiger partial charge in [0.25, 0.3) is 0 Å². The molecule has 0 unspecified atom stereocenters. The number of methoxy groups -OCH3 is 2. The summed E-state index contributed by atoms with van der Waals surface area (Å²) in [4.78, 5) is 0. The molecule has 0 radical (unpaired) electrons. The summed E-state index contributed by atoms with van der Waals surface area (Å²) >= 11 is 1.84. The third kappa shape index (κ3) is 1.47. The van der Waals surface area contributed by atoms with E-state index in [0.29, 0.717) is 0 Å². The third-order valence-electron chi connectivity index (χ3n) is 4.43. The molecule has 2 aliphatic rings. The van der Waals surface area contributed by atoms with Crippen LogP contribution < -0.4 is 4.74 Å². The second kappa shape index (κ2) is 4.50. The first kappa shape index (κ1) is 13.2. The predicted octanol–water partition coefficient (Wildman–Crippen LogP) is 3.77. The highest BCUT2D eigenvalue weighted by atomic mass is 32.2. The van der Waals surface area contributed by atoms with Gasteiger partial charge in [-0.1, -0.05) is 36.4 Å². The monoisotopic (exact) mass is 300 g/mol. The van der Waals surface area contributed by atoms with E-state index < -0.39 is 5.79 Å². The van der Waals surface area contributed by atoms with E-state index in [1.807, 2.05) is 48.2 Å². The molecule has 0 atom stereocenters. The zero-order valence-electron chi connectivity index (χ0n) is 12.0. The highest BCUT2D eigenvalue weighted by Gasteiger charge is 2.66. The molecule has 0 aromatic heterocycles. The molecule has 2 aromatic rings. The van der Waals surface area contributed by atoms with E-state index in [1.54, 1.807) is 14.2 Å². The zero-order chi connectivity index (χ0) is 14.5. The Bertz CT molecular complexity index is 643. The van der Waals surface area contributed by atoms with Crippen molar-refractivity contribution >= 4 is 11.8 Å². The van der Waals surface area contributed by atoms with E-state index in [9.17, 15) is 0 Å². The highest BCUT2D eigenvalue weighted by molar-refractivity contribution is 8.02. The van der Waals surface area contributed by atoms with Crippen LogP contribution >= 0.6 is 11.8 Å². The van der Waals surface area contributed by atoms with Crippen LogP contribution in [0.1, 0.15) is 11.1 Å². The highest BCUT2D eigenvalue weighted by Crippen LogP contribution is 2.67. The van der Waals surface area contributed by atoms with E-state index in [1.165, 1.54) is 0 Å². The number of thioether (sulfide) groups is 1. The SMILES string of the molecule is COC1(OC)CSC12c1ccccc1Oc1ccccc12. The molecule has 0 N–H and O–H groups in total. The molecular weight excluding hydrogens is 284 g/mol. The first-order chi connectivity index (χ1) is 10.3. The fourth-order valence-electron chi connectivity index (χ4n) is 3.35. The Labute approximate surface area is 128 Å². The Kier molecular flexibility index (Phi) is 2.83. The Morgan fingerprint density at radius 3 is 1.86 bits per heavy atom. The molecule has 1 spiro atoms. The minimum atomic E-state index is -0.659. The summed E-state index contributed by atoms with van der Waals surface area (Å²) in [7, 11) is 3.43. The largest absolute Gasteiger partial charge is 0.457 e. The summed E-state index contributed by atoms with van der Waals surface area (Å²) in [5, 5.41) is 0. The molecule has 4 rings (SSSR count). The van der Waals surface area contributed by atoms with Crippen LogP contribution in [-0.4, -0.2) is 25.8 Å². The van der Waals surface area contributed by atoms with Gasteiger partial charge < -0.3 is 14.2 Å². The Hall–Kier alpha value is -1.49. The lowest BCUT2D eigenvalue weighted by atomic mass is 9.80. The lowest BCUT2D eigenvalue weighted by molar-refractivity contribution is -0.218. The van der Waals surface area contributed by atoms with Crippen LogP contribution in [0, 0.1) is 0 Å². The van der Waals surface area contributed by atoms with Crippen molar-refractivity contribution in [2.24, 2.45) is 0 Å². The van der Waals surface area contributed by atoms with Gasteiger partial charge in [-0.05, 0) is 12.1 Å². The van der Waals surface area contributed by atoms with Gasteiger partial charge in [0.15, 0.2) is 5.79 Å². The van der Waals surface area contributed by atoms with Gasteiger partial charge in [-0.25, -0.2) is 0 Å². The van der Waals surface area contributed by atoms with Gasteiger partial charge in [-0.2, -0.15) is 0 Å². The molecule has 21 heavy (non-hydrogen) atoms. The van der Waals surface area contributed by atoms with Crippen molar-refractivity contribution < 1.29 is 14.2 Å². The van der Waals surface area contributed by atoms with Crippen LogP contribution in [0.15, 0.2) is 48.5 Å². The topological polar surface area (TPSA) is 27.7 Å². The van der Waals surface area contributed by atoms with Gasteiger partial charge >= 0.3 is 0 Å². The average Bonchev–Trinajstić information content (AvgIpc) is 2.53. The van der Waals surface area contributed by atoms with Crippen molar-refractivity contribution in [1.29, 1.82) is 0 Å². The fourth-order valence-corrected chi connectivity index (χ4v) is 5.06. The van der Waals surface area contributed by atoms with Crippen LogP contribution in [0.5, 0.6) is 11.5 Å². The fraction of sp³-hybridized carbons (Fsp3) is 0.294. The van der Waals surface area contributed by atoms with Crippen molar-refractivity contribution in [3.8, 4) is 11.5 Å². The molecular formula is C17H16O3S. The Morgan fingerprint density at radius 1 is 0.905 bits per heavy atom. The number of hydrogen-bond donors (Lipinski definition) is 0. The molecule has 4 heteroatoms. The van der Waals surface area contributed by atoms with E-state index >= 15 is 0 Å². The smallest absolute Gasteiger partial charge is 0.200 e. The Balaban J connectivity index is 2.03. The second-order valence-electron chi connectivity index (χ2n) is 5.23.